The number of hydrogen-bond acceptors (Lipinski definition) is 5. The first-order chi connectivity index (χ1) is 12.7. The van der Waals surface area contributed by atoms with Crippen molar-refractivity contribution >= 4 is 44.7 Å². The Balaban J connectivity index is 1.83. The van der Waals surface area contributed by atoms with Gasteiger partial charge < -0.3 is 14.9 Å². The highest BCUT2D eigenvalue weighted by atomic mass is 35.5. The number of hydrogen-bond donors (Lipinski definition) is 2. The molecule has 3 rings (SSSR count). The summed E-state index contributed by atoms with van der Waals surface area (Å²) in [5, 5.41) is 9.88. The zero-order chi connectivity index (χ0) is 19.6. The number of nitrogens with zero attached hydrogens (tertiary/aromatic N) is 2. The summed E-state index contributed by atoms with van der Waals surface area (Å²) in [7, 11) is -3.54. The van der Waals surface area contributed by atoms with Crippen LogP contribution < -0.4 is 14.5 Å². The molecule has 1 aliphatic rings. The third-order valence-corrected chi connectivity index (χ3v) is 5.26. The Kier molecular flexibility index (Phi) is 5.48. The van der Waals surface area contributed by atoms with Crippen LogP contribution in [0.2, 0.25) is 5.02 Å². The molecule has 0 saturated carbocycles. The van der Waals surface area contributed by atoms with Crippen molar-refractivity contribution in [3.05, 3.63) is 53.1 Å². The van der Waals surface area contributed by atoms with Crippen LogP contribution in [0.3, 0.4) is 0 Å². The maximum atomic E-state index is 11.7. The van der Waals surface area contributed by atoms with E-state index in [-0.39, 0.29) is 11.3 Å². The number of carboxylic acid groups (broad SMARTS) is 1. The van der Waals surface area contributed by atoms with Gasteiger partial charge in [-0.3, -0.25) is 4.72 Å². The first-order valence-electron chi connectivity index (χ1n) is 8.34. The summed E-state index contributed by atoms with van der Waals surface area (Å²) in [6.07, 6.45) is 1.04. The molecule has 7 nitrogen and oxygen atoms in total. The third-order valence-electron chi connectivity index (χ3n) is 4.35. The monoisotopic (exact) mass is 409 g/mol. The Hall–Kier alpha value is -2.45. The summed E-state index contributed by atoms with van der Waals surface area (Å²) >= 11 is 6.27. The number of benzene rings is 2. The second-order valence-corrected chi connectivity index (χ2v) is 8.49. The van der Waals surface area contributed by atoms with Crippen molar-refractivity contribution in [1.82, 2.24) is 0 Å². The smallest absolute Gasteiger partial charge is 0.335 e. The molecule has 144 valence electrons. The van der Waals surface area contributed by atoms with Crippen LogP contribution in [0.5, 0.6) is 0 Å². The van der Waals surface area contributed by atoms with Gasteiger partial charge in [0, 0.05) is 26.2 Å². The van der Waals surface area contributed by atoms with Crippen LogP contribution in [0.15, 0.2) is 42.5 Å². The molecule has 1 saturated heterocycles. The van der Waals surface area contributed by atoms with Gasteiger partial charge in [0.25, 0.3) is 0 Å². The molecule has 0 atom stereocenters. The fourth-order valence-corrected chi connectivity index (χ4v) is 3.94. The van der Waals surface area contributed by atoms with Crippen molar-refractivity contribution in [1.29, 1.82) is 0 Å². The van der Waals surface area contributed by atoms with E-state index in [2.05, 4.69) is 9.62 Å². The van der Waals surface area contributed by atoms with Gasteiger partial charge in [0.15, 0.2) is 0 Å². The van der Waals surface area contributed by atoms with E-state index in [9.17, 15) is 18.3 Å². The lowest BCUT2D eigenvalue weighted by Gasteiger charge is -2.38. The lowest BCUT2D eigenvalue weighted by Crippen LogP contribution is -2.46. The number of carbonyl (C=O) groups is 1. The van der Waals surface area contributed by atoms with Gasteiger partial charge >= 0.3 is 5.97 Å². The summed E-state index contributed by atoms with van der Waals surface area (Å²) < 4.78 is 25.8. The lowest BCUT2D eigenvalue weighted by atomic mass is 10.1. The molecule has 2 aromatic carbocycles. The number of nitrogens with one attached hydrogen (secondary N) is 1. The number of aromatic carboxylic acids is 1. The Morgan fingerprint density at radius 2 is 1.63 bits per heavy atom. The molecule has 0 amide bonds. The minimum atomic E-state index is -3.54. The molecule has 1 heterocycles. The topological polar surface area (TPSA) is 89.9 Å². The highest BCUT2D eigenvalue weighted by Gasteiger charge is 2.22. The van der Waals surface area contributed by atoms with Gasteiger partial charge in [-0.05, 0) is 30.3 Å². The van der Waals surface area contributed by atoms with Crippen molar-refractivity contribution in [2.24, 2.45) is 0 Å². The van der Waals surface area contributed by atoms with Crippen LogP contribution >= 0.6 is 11.6 Å². The van der Waals surface area contributed by atoms with Crippen LogP contribution in [0.1, 0.15) is 10.4 Å². The summed E-state index contributed by atoms with van der Waals surface area (Å²) in [5.41, 5.74) is 1.92. The summed E-state index contributed by atoms with van der Waals surface area (Å²) in [6, 6.07) is 12.1. The van der Waals surface area contributed by atoms with Crippen molar-refractivity contribution in [2.45, 2.75) is 0 Å². The second-order valence-electron chi connectivity index (χ2n) is 6.34. The predicted octanol–water partition coefficient (Wildman–Crippen LogP) is 2.74. The fourth-order valence-electron chi connectivity index (χ4n) is 3.12. The molecule has 27 heavy (non-hydrogen) atoms. The van der Waals surface area contributed by atoms with Crippen LogP contribution in [-0.4, -0.2) is 51.9 Å². The molecule has 2 aromatic rings. The van der Waals surface area contributed by atoms with Gasteiger partial charge in [0.1, 0.15) is 0 Å². The Labute approximate surface area is 163 Å². The van der Waals surface area contributed by atoms with E-state index in [0.29, 0.717) is 36.9 Å². The van der Waals surface area contributed by atoms with E-state index in [4.69, 9.17) is 11.6 Å². The molecule has 9 heteroatoms. The SMILES string of the molecule is CS(=O)(=O)Nc1cc(C(=O)O)ccc1N1CCN(c2ccccc2Cl)CC1. The number of sulfonamides is 1. The second kappa shape index (κ2) is 7.66. The van der Waals surface area contributed by atoms with Crippen molar-refractivity contribution in [3.8, 4) is 0 Å². The summed E-state index contributed by atoms with van der Waals surface area (Å²) in [6.45, 7) is 2.72. The molecule has 0 aliphatic carbocycles. The van der Waals surface area contributed by atoms with Gasteiger partial charge in [-0.1, -0.05) is 23.7 Å². The normalized spacial score (nSPS) is 14.9. The van der Waals surface area contributed by atoms with E-state index >= 15 is 0 Å². The molecule has 1 aliphatic heterocycles. The number of halogens is 1. The largest absolute Gasteiger partial charge is 0.478 e. The van der Waals surface area contributed by atoms with E-state index in [1.54, 1.807) is 6.07 Å². The van der Waals surface area contributed by atoms with Crippen LogP contribution in [0.25, 0.3) is 0 Å². The molecule has 0 unspecified atom stereocenters. The first kappa shape index (κ1) is 19.3. The van der Waals surface area contributed by atoms with Crippen molar-refractivity contribution < 1.29 is 18.3 Å². The third kappa shape index (κ3) is 4.64. The highest BCUT2D eigenvalue weighted by Crippen LogP contribution is 2.31. The molecule has 0 bridgehead atoms. The van der Waals surface area contributed by atoms with Gasteiger partial charge in [-0.15, -0.1) is 0 Å². The van der Waals surface area contributed by atoms with E-state index in [0.717, 1.165) is 11.9 Å². The fraction of sp³-hybridized carbons (Fsp3) is 0.278. The maximum Gasteiger partial charge on any atom is 0.335 e. The molecule has 1 fully saturated rings. The van der Waals surface area contributed by atoms with Crippen molar-refractivity contribution in [3.63, 3.8) is 0 Å². The van der Waals surface area contributed by atoms with Gasteiger partial charge in [-0.2, -0.15) is 0 Å². The summed E-state index contributed by atoms with van der Waals surface area (Å²) in [5.74, 6) is -1.11. The average molecular weight is 410 g/mol. The minimum Gasteiger partial charge on any atom is -0.478 e. The van der Waals surface area contributed by atoms with Gasteiger partial charge in [-0.25, -0.2) is 13.2 Å². The highest BCUT2D eigenvalue weighted by molar-refractivity contribution is 7.92. The number of anilines is 3. The predicted molar refractivity (Wildman–Crippen MR) is 108 cm³/mol. The quantitative estimate of drug-likeness (QED) is 0.789. The Morgan fingerprint density at radius 1 is 1.04 bits per heavy atom. The molecule has 0 radical (unpaired) electrons. The molecular formula is C18H20ClN3O4S. The standard InChI is InChI=1S/C18H20ClN3O4S/c1-27(25,26)20-15-12-13(18(23)24)6-7-17(15)22-10-8-21(9-11-22)16-5-3-2-4-14(16)19/h2-7,12,20H,8-11H2,1H3,(H,23,24). The van der Waals surface area contributed by atoms with Gasteiger partial charge in [0.2, 0.25) is 10.0 Å². The van der Waals surface area contributed by atoms with Crippen LogP contribution in [0, 0.1) is 0 Å². The molecule has 0 spiro atoms. The van der Waals surface area contributed by atoms with Crippen molar-refractivity contribution in [2.75, 3.05) is 47.0 Å². The Bertz CT molecular complexity index is 957. The van der Waals surface area contributed by atoms with E-state index < -0.39 is 16.0 Å². The van der Waals surface area contributed by atoms with Crippen LogP contribution in [0.4, 0.5) is 17.1 Å². The maximum absolute atomic E-state index is 11.7. The number of carboxylic acids is 1. The minimum absolute atomic E-state index is 0.0274. The Morgan fingerprint density at radius 3 is 2.19 bits per heavy atom. The first-order valence-corrected chi connectivity index (χ1v) is 10.6. The molecule has 0 aromatic heterocycles. The molecular weight excluding hydrogens is 390 g/mol. The zero-order valence-electron chi connectivity index (χ0n) is 14.7. The number of piperazine rings is 1. The number of para-hydroxylation sites is 1. The number of rotatable bonds is 5. The van der Waals surface area contributed by atoms with Gasteiger partial charge in [0.05, 0.1) is 33.9 Å². The average Bonchev–Trinajstić information content (AvgIpc) is 2.61. The van der Waals surface area contributed by atoms with E-state index in [1.807, 2.05) is 29.2 Å². The van der Waals surface area contributed by atoms with Crippen LogP contribution in [-0.2, 0) is 10.0 Å². The summed E-state index contributed by atoms with van der Waals surface area (Å²) in [4.78, 5) is 15.4. The lowest BCUT2D eigenvalue weighted by molar-refractivity contribution is 0.0697. The van der Waals surface area contributed by atoms with E-state index in [1.165, 1.54) is 12.1 Å². The molecule has 2 N–H and O–H groups in total. The zero-order valence-corrected chi connectivity index (χ0v) is 16.3.